The first kappa shape index (κ1) is 18.2. The van der Waals surface area contributed by atoms with Gasteiger partial charge >= 0.3 is 0 Å². The van der Waals surface area contributed by atoms with Crippen LogP contribution in [0.1, 0.15) is 24.0 Å². The summed E-state index contributed by atoms with van der Waals surface area (Å²) in [6, 6.07) is 11.3. The Hall–Kier alpha value is -1.84. The second kappa shape index (κ2) is 8.57. The van der Waals surface area contributed by atoms with E-state index in [0.717, 1.165) is 36.2 Å². The smallest absolute Gasteiger partial charge is 0.116 e. The van der Waals surface area contributed by atoms with E-state index in [9.17, 15) is 5.11 Å². The van der Waals surface area contributed by atoms with Gasteiger partial charge in [0.05, 0.1) is 5.71 Å². The minimum Gasteiger partial charge on any atom is -0.508 e. The molecule has 0 fully saturated rings. The summed E-state index contributed by atoms with van der Waals surface area (Å²) in [6.07, 6.45) is 7.79. The number of phenols is 1. The van der Waals surface area contributed by atoms with Gasteiger partial charge in [-0.05, 0) is 54.3 Å². The number of hydrogen-bond acceptors (Lipinski definition) is 3. The first-order valence-corrected chi connectivity index (χ1v) is 6.78. The topological polar surface area (TPSA) is 45.5 Å². The van der Waals surface area contributed by atoms with Crippen LogP contribution in [-0.2, 0) is 0 Å². The lowest BCUT2D eigenvalue weighted by atomic mass is 9.95. The van der Waals surface area contributed by atoms with Crippen molar-refractivity contribution in [3.8, 4) is 5.75 Å². The third-order valence-electron chi connectivity index (χ3n) is 3.32. The zero-order chi connectivity index (χ0) is 13.8. The quantitative estimate of drug-likeness (QED) is 0.888. The molecule has 0 bridgehead atoms. The van der Waals surface area contributed by atoms with E-state index in [4.69, 9.17) is 0 Å². The molecule has 0 saturated carbocycles. The van der Waals surface area contributed by atoms with Crippen LogP contribution >= 0.6 is 24.8 Å². The van der Waals surface area contributed by atoms with E-state index in [0.29, 0.717) is 0 Å². The molecule has 0 saturated heterocycles. The van der Waals surface area contributed by atoms with Crippen molar-refractivity contribution in [1.29, 1.82) is 0 Å². The number of pyridine rings is 1. The van der Waals surface area contributed by atoms with Crippen LogP contribution in [0.5, 0.6) is 5.75 Å². The van der Waals surface area contributed by atoms with Gasteiger partial charge in [0.2, 0.25) is 0 Å². The SMILES string of the molecule is Cl.Cl.Oc1cccc(/C=C2\CCCN=C2c2cccnc2)c1. The Balaban J connectivity index is 0.00000121. The molecule has 1 aliphatic rings. The van der Waals surface area contributed by atoms with Gasteiger partial charge in [0.1, 0.15) is 5.75 Å². The molecule has 1 aromatic carbocycles. The molecule has 0 aliphatic carbocycles. The number of halogens is 2. The lowest BCUT2D eigenvalue weighted by Gasteiger charge is -2.16. The van der Waals surface area contributed by atoms with Crippen molar-refractivity contribution in [1.82, 2.24) is 4.98 Å². The lowest BCUT2D eigenvalue weighted by Crippen LogP contribution is -2.11. The van der Waals surface area contributed by atoms with Gasteiger partial charge in [0.15, 0.2) is 0 Å². The first-order chi connectivity index (χ1) is 9.83. The number of rotatable bonds is 2. The highest BCUT2D eigenvalue weighted by atomic mass is 35.5. The molecular formula is C17H18Cl2N2O. The fraction of sp³-hybridized carbons (Fsp3) is 0.176. The average molecular weight is 337 g/mol. The Labute approximate surface area is 142 Å². The third kappa shape index (κ3) is 4.33. The monoisotopic (exact) mass is 336 g/mol. The number of phenolic OH excluding ortho intramolecular Hbond substituents is 1. The summed E-state index contributed by atoms with van der Waals surface area (Å²) in [5.41, 5.74) is 4.28. The minimum atomic E-state index is 0. The zero-order valence-corrected chi connectivity index (χ0v) is 13.6. The van der Waals surface area contributed by atoms with Gasteiger partial charge in [0, 0.05) is 24.5 Å². The van der Waals surface area contributed by atoms with Crippen molar-refractivity contribution in [3.63, 3.8) is 0 Å². The molecule has 1 N–H and O–H groups in total. The van der Waals surface area contributed by atoms with Crippen molar-refractivity contribution in [2.75, 3.05) is 6.54 Å². The molecule has 22 heavy (non-hydrogen) atoms. The number of nitrogens with zero attached hydrogens (tertiary/aromatic N) is 2. The summed E-state index contributed by atoms with van der Waals surface area (Å²) in [5, 5.41) is 9.56. The number of aromatic hydroxyl groups is 1. The number of benzene rings is 1. The molecule has 2 aromatic rings. The van der Waals surface area contributed by atoms with E-state index < -0.39 is 0 Å². The van der Waals surface area contributed by atoms with Gasteiger partial charge in [-0.15, -0.1) is 24.8 Å². The maximum atomic E-state index is 9.56. The highest BCUT2D eigenvalue weighted by molar-refractivity contribution is 6.15. The van der Waals surface area contributed by atoms with E-state index in [-0.39, 0.29) is 30.6 Å². The predicted octanol–water partition coefficient (Wildman–Crippen LogP) is 4.30. The summed E-state index contributed by atoms with van der Waals surface area (Å²) in [7, 11) is 0. The summed E-state index contributed by atoms with van der Waals surface area (Å²) >= 11 is 0. The summed E-state index contributed by atoms with van der Waals surface area (Å²) in [4.78, 5) is 8.81. The Morgan fingerprint density at radius 3 is 2.68 bits per heavy atom. The van der Waals surface area contributed by atoms with E-state index in [1.807, 2.05) is 30.5 Å². The number of aliphatic imine (C=N–C) groups is 1. The Morgan fingerprint density at radius 1 is 1.09 bits per heavy atom. The summed E-state index contributed by atoms with van der Waals surface area (Å²) < 4.78 is 0. The highest BCUT2D eigenvalue weighted by Crippen LogP contribution is 2.23. The lowest BCUT2D eigenvalue weighted by molar-refractivity contribution is 0.475. The van der Waals surface area contributed by atoms with E-state index in [2.05, 4.69) is 16.1 Å². The maximum absolute atomic E-state index is 9.56. The van der Waals surface area contributed by atoms with Gasteiger partial charge in [-0.3, -0.25) is 9.98 Å². The van der Waals surface area contributed by atoms with Crippen molar-refractivity contribution in [2.24, 2.45) is 4.99 Å². The van der Waals surface area contributed by atoms with Crippen LogP contribution < -0.4 is 0 Å². The fourth-order valence-corrected chi connectivity index (χ4v) is 2.42. The van der Waals surface area contributed by atoms with Crippen molar-refractivity contribution >= 4 is 36.6 Å². The van der Waals surface area contributed by atoms with Crippen LogP contribution in [0.4, 0.5) is 0 Å². The molecule has 1 aliphatic heterocycles. The molecule has 5 heteroatoms. The minimum absolute atomic E-state index is 0. The van der Waals surface area contributed by atoms with Crippen molar-refractivity contribution in [3.05, 3.63) is 65.5 Å². The van der Waals surface area contributed by atoms with Gasteiger partial charge in [0.25, 0.3) is 0 Å². The van der Waals surface area contributed by atoms with E-state index >= 15 is 0 Å². The number of hydrogen-bond donors (Lipinski definition) is 1. The van der Waals surface area contributed by atoms with Crippen molar-refractivity contribution in [2.45, 2.75) is 12.8 Å². The van der Waals surface area contributed by atoms with Crippen LogP contribution in [0.15, 0.2) is 59.4 Å². The van der Waals surface area contributed by atoms with Crippen LogP contribution in [0.3, 0.4) is 0 Å². The molecule has 116 valence electrons. The van der Waals surface area contributed by atoms with Gasteiger partial charge < -0.3 is 5.11 Å². The van der Waals surface area contributed by atoms with Gasteiger partial charge in [-0.2, -0.15) is 0 Å². The van der Waals surface area contributed by atoms with E-state index in [1.54, 1.807) is 18.3 Å². The number of aromatic nitrogens is 1. The highest BCUT2D eigenvalue weighted by Gasteiger charge is 2.14. The second-order valence-corrected chi connectivity index (χ2v) is 4.84. The van der Waals surface area contributed by atoms with Crippen LogP contribution in [0.2, 0.25) is 0 Å². The van der Waals surface area contributed by atoms with Crippen LogP contribution in [0, 0.1) is 0 Å². The summed E-state index contributed by atoms with van der Waals surface area (Å²) in [6.45, 7) is 0.863. The third-order valence-corrected chi connectivity index (χ3v) is 3.32. The largest absolute Gasteiger partial charge is 0.508 e. The van der Waals surface area contributed by atoms with Crippen LogP contribution in [-0.4, -0.2) is 22.3 Å². The first-order valence-electron chi connectivity index (χ1n) is 6.78. The Morgan fingerprint density at radius 2 is 1.95 bits per heavy atom. The summed E-state index contributed by atoms with van der Waals surface area (Å²) in [5.74, 6) is 0.287. The molecular weight excluding hydrogens is 319 g/mol. The molecule has 0 amide bonds. The predicted molar refractivity (Wildman–Crippen MR) is 95.5 cm³/mol. The Bertz CT molecular complexity index is 669. The van der Waals surface area contributed by atoms with Gasteiger partial charge in [-0.25, -0.2) is 0 Å². The fourth-order valence-electron chi connectivity index (χ4n) is 2.42. The van der Waals surface area contributed by atoms with E-state index in [1.165, 1.54) is 5.57 Å². The number of allylic oxidation sites excluding steroid dienone is 1. The maximum Gasteiger partial charge on any atom is 0.116 e. The molecule has 0 radical (unpaired) electrons. The van der Waals surface area contributed by atoms with Crippen molar-refractivity contribution < 1.29 is 5.11 Å². The zero-order valence-electron chi connectivity index (χ0n) is 12.0. The standard InChI is InChI=1S/C17H16N2O.2ClH/c20-16-7-1-4-13(11-16)10-14-5-3-9-19-17(14)15-6-2-8-18-12-15;;/h1-2,4,6-8,10-12,20H,3,5,9H2;2*1H/b14-10+;;. The normalized spacial score (nSPS) is 15.5. The molecule has 0 unspecified atom stereocenters. The molecule has 0 spiro atoms. The average Bonchev–Trinajstić information content (AvgIpc) is 2.49. The van der Waals surface area contributed by atoms with Gasteiger partial charge in [-0.1, -0.05) is 12.1 Å². The van der Waals surface area contributed by atoms with Crippen LogP contribution in [0.25, 0.3) is 6.08 Å². The molecule has 0 atom stereocenters. The second-order valence-electron chi connectivity index (χ2n) is 4.84. The molecule has 1 aromatic heterocycles. The molecule has 3 nitrogen and oxygen atoms in total. The molecule has 3 rings (SSSR count). The Kier molecular flexibility index (Phi) is 7.09. The molecule has 2 heterocycles.